The number of likely N-dealkylation sites (N-methyl/N-ethyl adjacent to an activating group) is 1. The molecule has 0 aliphatic heterocycles. The van der Waals surface area contributed by atoms with E-state index in [0.717, 1.165) is 22.5 Å². The first-order valence-electron chi connectivity index (χ1n) is 5.50. The summed E-state index contributed by atoms with van der Waals surface area (Å²) >= 11 is 0. The van der Waals surface area contributed by atoms with Crippen molar-refractivity contribution in [2.75, 3.05) is 20.1 Å². The van der Waals surface area contributed by atoms with Gasteiger partial charge in [0.25, 0.3) is 0 Å². The van der Waals surface area contributed by atoms with E-state index in [1.54, 1.807) is 0 Å². The molecule has 1 N–H and O–H groups in total. The summed E-state index contributed by atoms with van der Waals surface area (Å²) in [4.78, 5) is 10.9. The zero-order chi connectivity index (χ0) is 14.5. The number of benzene rings is 1. The largest absolute Gasteiger partial charge is 0.351 e. The number of carbonyl (C=O) groups excluding carboxylic acids is 1. The van der Waals surface area contributed by atoms with Crippen LogP contribution in [0, 0.1) is 5.82 Å². The molecule has 0 aliphatic carbocycles. The third-order valence-electron chi connectivity index (χ3n) is 2.43. The van der Waals surface area contributed by atoms with Crippen LogP contribution in [0.25, 0.3) is 0 Å². The smallest absolute Gasteiger partial charge is 0.243 e. The number of sulfonamides is 1. The SMILES string of the molecule is C=CC(=O)NCCN(C)S(=O)(=O)c1ccc(F)cc1. The van der Waals surface area contributed by atoms with Crippen LogP contribution < -0.4 is 5.32 Å². The van der Waals surface area contributed by atoms with Crippen molar-refractivity contribution in [3.05, 3.63) is 42.7 Å². The molecule has 1 rings (SSSR count). The normalized spacial score (nSPS) is 11.3. The van der Waals surface area contributed by atoms with Crippen molar-refractivity contribution in [3.8, 4) is 0 Å². The quantitative estimate of drug-likeness (QED) is 0.785. The highest BCUT2D eigenvalue weighted by Crippen LogP contribution is 2.14. The van der Waals surface area contributed by atoms with Gasteiger partial charge in [-0.2, -0.15) is 4.31 Å². The van der Waals surface area contributed by atoms with E-state index >= 15 is 0 Å². The summed E-state index contributed by atoms with van der Waals surface area (Å²) in [5, 5.41) is 2.47. The van der Waals surface area contributed by atoms with Crippen LogP contribution in [0.2, 0.25) is 0 Å². The zero-order valence-electron chi connectivity index (χ0n) is 10.5. The highest BCUT2D eigenvalue weighted by Gasteiger charge is 2.20. The molecule has 0 spiro atoms. The molecular formula is C12H15FN2O3S. The molecule has 104 valence electrons. The lowest BCUT2D eigenvalue weighted by atomic mass is 10.4. The van der Waals surface area contributed by atoms with E-state index in [9.17, 15) is 17.6 Å². The standard InChI is InChI=1S/C12H15FN2O3S/c1-3-12(16)14-8-9-15(2)19(17,18)11-6-4-10(13)5-7-11/h3-7H,1,8-9H2,2H3,(H,14,16). The second-order valence-electron chi connectivity index (χ2n) is 3.78. The van der Waals surface area contributed by atoms with E-state index in [-0.39, 0.29) is 23.9 Å². The van der Waals surface area contributed by atoms with E-state index in [4.69, 9.17) is 0 Å². The Morgan fingerprint density at radius 3 is 2.53 bits per heavy atom. The molecule has 19 heavy (non-hydrogen) atoms. The van der Waals surface area contributed by atoms with Gasteiger partial charge in [0.15, 0.2) is 0 Å². The Bertz CT molecular complexity index is 555. The third-order valence-corrected chi connectivity index (χ3v) is 4.30. The number of carbonyl (C=O) groups is 1. The van der Waals surface area contributed by atoms with Crippen LogP contribution in [-0.4, -0.2) is 38.8 Å². The van der Waals surface area contributed by atoms with Crippen molar-refractivity contribution in [2.45, 2.75) is 4.90 Å². The lowest BCUT2D eigenvalue weighted by Crippen LogP contribution is -2.35. The van der Waals surface area contributed by atoms with Gasteiger partial charge in [0.05, 0.1) is 4.90 Å². The minimum Gasteiger partial charge on any atom is -0.351 e. The summed E-state index contributed by atoms with van der Waals surface area (Å²) in [6.07, 6.45) is 1.11. The van der Waals surface area contributed by atoms with Gasteiger partial charge in [0, 0.05) is 20.1 Å². The molecule has 1 amide bonds. The highest BCUT2D eigenvalue weighted by molar-refractivity contribution is 7.89. The molecule has 1 aromatic carbocycles. The lowest BCUT2D eigenvalue weighted by Gasteiger charge is -2.17. The Morgan fingerprint density at radius 2 is 2.00 bits per heavy atom. The topological polar surface area (TPSA) is 66.5 Å². The predicted molar refractivity (Wildman–Crippen MR) is 69.4 cm³/mol. The predicted octanol–water partition coefficient (Wildman–Crippen LogP) is 0.748. The molecule has 0 saturated carbocycles. The first kappa shape index (κ1) is 15.3. The van der Waals surface area contributed by atoms with Crippen molar-refractivity contribution in [2.24, 2.45) is 0 Å². The van der Waals surface area contributed by atoms with Gasteiger partial charge in [-0.3, -0.25) is 4.79 Å². The molecule has 0 bridgehead atoms. The van der Waals surface area contributed by atoms with Crippen LogP contribution in [0.1, 0.15) is 0 Å². The maximum absolute atomic E-state index is 12.7. The number of halogens is 1. The molecule has 0 aromatic heterocycles. The molecular weight excluding hydrogens is 271 g/mol. The number of nitrogens with one attached hydrogen (secondary N) is 1. The maximum Gasteiger partial charge on any atom is 0.243 e. The molecule has 0 fully saturated rings. The number of amides is 1. The van der Waals surface area contributed by atoms with Crippen molar-refractivity contribution < 1.29 is 17.6 Å². The van der Waals surface area contributed by atoms with E-state index < -0.39 is 15.8 Å². The number of hydrogen-bond donors (Lipinski definition) is 1. The Morgan fingerprint density at radius 1 is 1.42 bits per heavy atom. The minimum absolute atomic E-state index is 0.00597. The fourth-order valence-electron chi connectivity index (χ4n) is 1.32. The summed E-state index contributed by atoms with van der Waals surface area (Å²) in [7, 11) is -2.28. The van der Waals surface area contributed by atoms with Crippen LogP contribution in [-0.2, 0) is 14.8 Å². The second kappa shape index (κ2) is 6.44. The molecule has 0 unspecified atom stereocenters. The molecule has 1 aromatic rings. The highest BCUT2D eigenvalue weighted by atomic mass is 32.2. The van der Waals surface area contributed by atoms with Crippen LogP contribution >= 0.6 is 0 Å². The van der Waals surface area contributed by atoms with Crippen LogP contribution in [0.3, 0.4) is 0 Å². The number of nitrogens with zero attached hydrogens (tertiary/aromatic N) is 1. The fourth-order valence-corrected chi connectivity index (χ4v) is 2.49. The Hall–Kier alpha value is -1.73. The Kier molecular flexibility index (Phi) is 5.20. The Balaban J connectivity index is 2.69. The molecule has 0 aliphatic rings. The summed E-state index contributed by atoms with van der Waals surface area (Å²) in [5.41, 5.74) is 0. The van der Waals surface area contributed by atoms with Gasteiger partial charge in [-0.05, 0) is 30.3 Å². The van der Waals surface area contributed by atoms with Gasteiger partial charge >= 0.3 is 0 Å². The number of hydrogen-bond acceptors (Lipinski definition) is 3. The molecule has 0 radical (unpaired) electrons. The monoisotopic (exact) mass is 286 g/mol. The van der Waals surface area contributed by atoms with Gasteiger partial charge < -0.3 is 5.32 Å². The molecule has 0 saturated heterocycles. The van der Waals surface area contributed by atoms with Crippen molar-refractivity contribution >= 4 is 15.9 Å². The van der Waals surface area contributed by atoms with Gasteiger partial charge in [-0.1, -0.05) is 6.58 Å². The zero-order valence-corrected chi connectivity index (χ0v) is 11.3. The van der Waals surface area contributed by atoms with E-state index in [1.807, 2.05) is 0 Å². The minimum atomic E-state index is -3.67. The summed E-state index contributed by atoms with van der Waals surface area (Å²) < 4.78 is 37.9. The lowest BCUT2D eigenvalue weighted by molar-refractivity contribution is -0.116. The van der Waals surface area contributed by atoms with Crippen molar-refractivity contribution in [1.82, 2.24) is 9.62 Å². The van der Waals surface area contributed by atoms with Crippen LogP contribution in [0.15, 0.2) is 41.8 Å². The number of rotatable bonds is 6. The van der Waals surface area contributed by atoms with Crippen molar-refractivity contribution in [1.29, 1.82) is 0 Å². The molecule has 0 atom stereocenters. The first-order chi connectivity index (χ1) is 8.87. The summed E-state index contributed by atoms with van der Waals surface area (Å²) in [6, 6.07) is 4.56. The average Bonchev–Trinajstić information content (AvgIpc) is 2.38. The average molecular weight is 286 g/mol. The molecule has 7 heteroatoms. The summed E-state index contributed by atoms with van der Waals surface area (Å²) in [5.74, 6) is -0.868. The van der Waals surface area contributed by atoms with Gasteiger partial charge in [-0.25, -0.2) is 12.8 Å². The molecule has 5 nitrogen and oxygen atoms in total. The van der Waals surface area contributed by atoms with Crippen molar-refractivity contribution in [3.63, 3.8) is 0 Å². The second-order valence-corrected chi connectivity index (χ2v) is 5.82. The molecule has 0 heterocycles. The maximum atomic E-state index is 12.7. The van der Waals surface area contributed by atoms with Crippen LogP contribution in [0.4, 0.5) is 4.39 Å². The van der Waals surface area contributed by atoms with E-state index in [2.05, 4.69) is 11.9 Å². The summed E-state index contributed by atoms with van der Waals surface area (Å²) in [6.45, 7) is 3.56. The first-order valence-corrected chi connectivity index (χ1v) is 6.94. The van der Waals surface area contributed by atoms with Gasteiger partial charge in [0.1, 0.15) is 5.82 Å². The van der Waals surface area contributed by atoms with Crippen LogP contribution in [0.5, 0.6) is 0 Å². The van der Waals surface area contributed by atoms with E-state index in [1.165, 1.54) is 19.2 Å². The van der Waals surface area contributed by atoms with E-state index in [0.29, 0.717) is 0 Å². The Labute approximate surface area is 111 Å². The van der Waals surface area contributed by atoms with Gasteiger partial charge in [-0.15, -0.1) is 0 Å². The fraction of sp³-hybridized carbons (Fsp3) is 0.250. The third kappa shape index (κ3) is 4.15. The van der Waals surface area contributed by atoms with Gasteiger partial charge in [0.2, 0.25) is 15.9 Å².